The first-order valence-corrected chi connectivity index (χ1v) is 7.84. The molecule has 0 heterocycles. The van der Waals surface area contributed by atoms with Crippen LogP contribution in [0, 0.1) is 3.57 Å². The standard InChI is InChI=1S/C19H14IN/c20-18-9-11-19(12-10-18)21-14-15-5-4-8-17(13-15)16-6-2-1-3-7-16/h1-14H. The number of rotatable bonds is 3. The Balaban J connectivity index is 1.85. The molecule has 0 fully saturated rings. The first kappa shape index (κ1) is 14.0. The lowest BCUT2D eigenvalue weighted by molar-refractivity contribution is 1.51. The Morgan fingerprint density at radius 3 is 2.19 bits per heavy atom. The number of aliphatic imine (C=N–C) groups is 1. The van der Waals surface area contributed by atoms with Crippen molar-refractivity contribution in [1.29, 1.82) is 0 Å². The van der Waals surface area contributed by atoms with E-state index in [9.17, 15) is 0 Å². The van der Waals surface area contributed by atoms with Crippen molar-refractivity contribution in [3.05, 3.63) is 88.0 Å². The molecule has 0 saturated carbocycles. The summed E-state index contributed by atoms with van der Waals surface area (Å²) in [5, 5.41) is 0. The molecule has 0 N–H and O–H groups in total. The number of hydrogen-bond donors (Lipinski definition) is 0. The highest BCUT2D eigenvalue weighted by atomic mass is 127. The third-order valence-corrected chi connectivity index (χ3v) is 3.90. The zero-order chi connectivity index (χ0) is 14.5. The van der Waals surface area contributed by atoms with Crippen molar-refractivity contribution in [2.45, 2.75) is 0 Å². The van der Waals surface area contributed by atoms with Gasteiger partial charge in [0, 0.05) is 9.78 Å². The Kier molecular flexibility index (Phi) is 4.46. The molecule has 0 aromatic heterocycles. The molecule has 3 rings (SSSR count). The lowest BCUT2D eigenvalue weighted by Crippen LogP contribution is -1.83. The highest BCUT2D eigenvalue weighted by Gasteiger charge is 1.97. The first-order chi connectivity index (χ1) is 10.3. The molecule has 3 aromatic rings. The van der Waals surface area contributed by atoms with Crippen molar-refractivity contribution in [1.82, 2.24) is 0 Å². The van der Waals surface area contributed by atoms with Crippen LogP contribution in [0.25, 0.3) is 11.1 Å². The van der Waals surface area contributed by atoms with Gasteiger partial charge in [0.15, 0.2) is 0 Å². The van der Waals surface area contributed by atoms with Gasteiger partial charge in [-0.15, -0.1) is 0 Å². The van der Waals surface area contributed by atoms with Crippen molar-refractivity contribution in [2.75, 3.05) is 0 Å². The summed E-state index contributed by atoms with van der Waals surface area (Å²) in [5.74, 6) is 0. The van der Waals surface area contributed by atoms with Gasteiger partial charge in [0.25, 0.3) is 0 Å². The van der Waals surface area contributed by atoms with Crippen LogP contribution in [0.3, 0.4) is 0 Å². The fourth-order valence-corrected chi connectivity index (χ4v) is 2.46. The molecule has 0 bridgehead atoms. The van der Waals surface area contributed by atoms with Crippen LogP contribution in [0.1, 0.15) is 5.56 Å². The van der Waals surface area contributed by atoms with Gasteiger partial charge in [0.05, 0.1) is 5.69 Å². The highest BCUT2D eigenvalue weighted by Crippen LogP contribution is 2.20. The van der Waals surface area contributed by atoms with Crippen LogP contribution in [-0.2, 0) is 0 Å². The van der Waals surface area contributed by atoms with E-state index in [1.54, 1.807) is 0 Å². The van der Waals surface area contributed by atoms with Gasteiger partial charge in [0.1, 0.15) is 0 Å². The van der Waals surface area contributed by atoms with Crippen LogP contribution in [0.5, 0.6) is 0 Å². The second-order valence-corrected chi connectivity index (χ2v) is 5.97. The Bertz CT molecular complexity index is 746. The second kappa shape index (κ2) is 6.68. The Hall–Kier alpha value is -1.94. The largest absolute Gasteiger partial charge is 0.256 e. The Morgan fingerprint density at radius 2 is 1.43 bits per heavy atom. The van der Waals surface area contributed by atoms with Crippen LogP contribution >= 0.6 is 22.6 Å². The maximum Gasteiger partial charge on any atom is 0.0630 e. The number of benzene rings is 3. The molecule has 0 amide bonds. The van der Waals surface area contributed by atoms with E-state index in [-0.39, 0.29) is 0 Å². The van der Waals surface area contributed by atoms with Gasteiger partial charge >= 0.3 is 0 Å². The van der Waals surface area contributed by atoms with Gasteiger partial charge in [-0.25, -0.2) is 0 Å². The molecular formula is C19H14IN. The van der Waals surface area contributed by atoms with E-state index in [0.29, 0.717) is 0 Å². The lowest BCUT2D eigenvalue weighted by atomic mass is 10.0. The van der Waals surface area contributed by atoms with E-state index < -0.39 is 0 Å². The molecule has 21 heavy (non-hydrogen) atoms. The molecule has 0 atom stereocenters. The summed E-state index contributed by atoms with van der Waals surface area (Å²) in [7, 11) is 0. The minimum Gasteiger partial charge on any atom is -0.256 e. The van der Waals surface area contributed by atoms with E-state index in [4.69, 9.17) is 0 Å². The quantitative estimate of drug-likeness (QED) is 0.406. The predicted octanol–water partition coefficient (Wildman–Crippen LogP) is 5.71. The Labute approximate surface area is 138 Å². The van der Waals surface area contributed by atoms with Crippen LogP contribution in [0.4, 0.5) is 5.69 Å². The van der Waals surface area contributed by atoms with Gasteiger partial charge in [-0.3, -0.25) is 4.99 Å². The van der Waals surface area contributed by atoms with Gasteiger partial charge in [0.2, 0.25) is 0 Å². The molecule has 0 aliphatic carbocycles. The third-order valence-electron chi connectivity index (χ3n) is 3.18. The fraction of sp³-hybridized carbons (Fsp3) is 0. The van der Waals surface area contributed by atoms with E-state index in [0.717, 1.165) is 11.3 Å². The number of nitrogens with zero attached hydrogens (tertiary/aromatic N) is 1. The van der Waals surface area contributed by atoms with Crippen LogP contribution in [0.2, 0.25) is 0 Å². The van der Waals surface area contributed by atoms with Gasteiger partial charge in [-0.2, -0.15) is 0 Å². The monoisotopic (exact) mass is 383 g/mol. The van der Waals surface area contributed by atoms with Crippen molar-refractivity contribution in [3.63, 3.8) is 0 Å². The molecular weight excluding hydrogens is 369 g/mol. The molecule has 3 aromatic carbocycles. The van der Waals surface area contributed by atoms with Crippen molar-refractivity contribution in [3.8, 4) is 11.1 Å². The van der Waals surface area contributed by atoms with E-state index in [1.165, 1.54) is 14.7 Å². The summed E-state index contributed by atoms with van der Waals surface area (Å²) in [6, 6.07) is 27.0. The highest BCUT2D eigenvalue weighted by molar-refractivity contribution is 14.1. The van der Waals surface area contributed by atoms with Gasteiger partial charge in [-0.05, 0) is 69.6 Å². The van der Waals surface area contributed by atoms with E-state index in [2.05, 4.69) is 88.2 Å². The number of hydrogen-bond acceptors (Lipinski definition) is 1. The fourth-order valence-electron chi connectivity index (χ4n) is 2.11. The maximum atomic E-state index is 4.52. The summed E-state index contributed by atoms with van der Waals surface area (Å²) in [4.78, 5) is 4.52. The smallest absolute Gasteiger partial charge is 0.0630 e. The van der Waals surface area contributed by atoms with Crippen molar-refractivity contribution in [2.24, 2.45) is 4.99 Å². The predicted molar refractivity (Wildman–Crippen MR) is 98.3 cm³/mol. The molecule has 2 heteroatoms. The summed E-state index contributed by atoms with van der Waals surface area (Å²) in [6.07, 6.45) is 1.91. The molecule has 0 unspecified atom stereocenters. The molecule has 0 spiro atoms. The molecule has 0 aliphatic heterocycles. The van der Waals surface area contributed by atoms with Crippen LogP contribution < -0.4 is 0 Å². The molecule has 0 aliphatic rings. The summed E-state index contributed by atoms with van der Waals surface area (Å²) in [5.41, 5.74) is 4.51. The summed E-state index contributed by atoms with van der Waals surface area (Å²) >= 11 is 2.30. The maximum absolute atomic E-state index is 4.52. The average molecular weight is 383 g/mol. The molecule has 0 saturated heterocycles. The van der Waals surface area contributed by atoms with Gasteiger partial charge < -0.3 is 0 Å². The zero-order valence-electron chi connectivity index (χ0n) is 11.4. The zero-order valence-corrected chi connectivity index (χ0v) is 13.6. The summed E-state index contributed by atoms with van der Waals surface area (Å²) < 4.78 is 1.22. The second-order valence-electron chi connectivity index (χ2n) is 4.73. The molecule has 1 nitrogen and oxygen atoms in total. The minimum absolute atomic E-state index is 0.973. The Morgan fingerprint density at radius 1 is 0.714 bits per heavy atom. The van der Waals surface area contributed by atoms with Gasteiger partial charge in [-0.1, -0.05) is 48.5 Å². The minimum atomic E-state index is 0.973. The van der Waals surface area contributed by atoms with Crippen molar-refractivity contribution < 1.29 is 0 Å². The van der Waals surface area contributed by atoms with Crippen LogP contribution in [-0.4, -0.2) is 6.21 Å². The van der Waals surface area contributed by atoms with E-state index >= 15 is 0 Å². The topological polar surface area (TPSA) is 12.4 Å². The lowest BCUT2D eigenvalue weighted by Gasteiger charge is -2.02. The first-order valence-electron chi connectivity index (χ1n) is 6.76. The average Bonchev–Trinajstić information content (AvgIpc) is 2.55. The molecule has 0 radical (unpaired) electrons. The number of halogens is 1. The summed E-state index contributed by atoms with van der Waals surface area (Å²) in [6.45, 7) is 0. The van der Waals surface area contributed by atoms with Crippen molar-refractivity contribution >= 4 is 34.5 Å². The van der Waals surface area contributed by atoms with E-state index in [1.807, 2.05) is 24.4 Å². The SMILES string of the molecule is Ic1ccc(N=Cc2cccc(-c3ccccc3)c2)cc1. The normalized spacial score (nSPS) is 10.9. The molecule has 102 valence electrons. The van der Waals surface area contributed by atoms with Crippen LogP contribution in [0.15, 0.2) is 83.9 Å². The third kappa shape index (κ3) is 3.79.